The van der Waals surface area contributed by atoms with Gasteiger partial charge in [-0.05, 0) is 0 Å². The normalized spacial score (nSPS) is 19.8. The van der Waals surface area contributed by atoms with Gasteiger partial charge in [0.15, 0.2) is 0 Å². The summed E-state index contributed by atoms with van der Waals surface area (Å²) < 4.78 is 0.605. The third kappa shape index (κ3) is 2.49. The second-order valence-corrected chi connectivity index (χ2v) is 13.7. The topological polar surface area (TPSA) is 0 Å². The number of hydrogen-bond donors (Lipinski definition) is 0. The Morgan fingerprint density at radius 1 is 1.04 bits per heavy atom. The molecule has 0 radical (unpaired) electrons. The molecule has 0 saturated heterocycles. The number of fused-ring (bicyclic) bond motifs is 5. The van der Waals surface area contributed by atoms with Crippen LogP contribution in [0.15, 0.2) is 36.4 Å². The first-order valence-electron chi connectivity index (χ1n) is 8.82. The van der Waals surface area contributed by atoms with Crippen LogP contribution in [-0.2, 0) is 24.7 Å². The van der Waals surface area contributed by atoms with Gasteiger partial charge in [0.25, 0.3) is 0 Å². The number of aryl methyl sites for hydroxylation is 1. The van der Waals surface area contributed by atoms with Gasteiger partial charge in [-0.2, -0.15) is 0 Å². The van der Waals surface area contributed by atoms with Crippen LogP contribution in [0.1, 0.15) is 37.9 Å². The fraction of sp³-hybridized carbons (Fsp3) is 0.273. The van der Waals surface area contributed by atoms with Crippen molar-refractivity contribution in [1.82, 2.24) is 0 Å². The number of allylic oxidation sites excluding steroid dienone is 4. The molecular formula is C22H21Cl2SiZr. The van der Waals surface area contributed by atoms with Gasteiger partial charge in [0.1, 0.15) is 0 Å². The van der Waals surface area contributed by atoms with E-state index >= 15 is 0 Å². The van der Waals surface area contributed by atoms with E-state index in [1.165, 1.54) is 5.56 Å². The molecule has 3 aliphatic rings. The molecule has 0 saturated carbocycles. The summed E-state index contributed by atoms with van der Waals surface area (Å²) in [6, 6.07) is 7.14. The summed E-state index contributed by atoms with van der Waals surface area (Å²) in [6.45, 7) is 9.71. The second-order valence-electron chi connectivity index (χ2n) is 8.01. The molecule has 0 aromatic heterocycles. The number of benzene rings is 2. The Morgan fingerprint density at radius 3 is 2.42 bits per heavy atom. The van der Waals surface area contributed by atoms with Crippen LogP contribution < -0.4 is 35.2 Å². The molecular weight excluding hydrogens is 454 g/mol. The molecule has 1 heterocycles. The molecule has 2 aromatic carbocycles. The Bertz CT molecular complexity index is 1000. The van der Waals surface area contributed by atoms with E-state index in [4.69, 9.17) is 0 Å². The average molecular weight is 476 g/mol. The Kier molecular flexibility index (Phi) is 5.15. The summed E-state index contributed by atoms with van der Waals surface area (Å²) in [5.41, 5.74) is 12.6. The quantitative estimate of drug-likeness (QED) is 0.437. The zero-order valence-corrected chi connectivity index (χ0v) is 20.5. The maximum Gasteiger partial charge on any atom is -1.00 e. The predicted molar refractivity (Wildman–Crippen MR) is 102 cm³/mol. The minimum Gasteiger partial charge on any atom is -1.00 e. The van der Waals surface area contributed by atoms with E-state index < -0.39 is 8.07 Å². The van der Waals surface area contributed by atoms with Gasteiger partial charge in [0, 0.05) is 0 Å². The largest absolute Gasteiger partial charge is 1.00 e. The monoisotopic (exact) mass is 473 g/mol. The first-order chi connectivity index (χ1) is 11.4. The van der Waals surface area contributed by atoms with E-state index in [0.29, 0.717) is 3.63 Å². The number of rotatable bonds is 1. The maximum absolute atomic E-state index is 2.54. The van der Waals surface area contributed by atoms with Crippen LogP contribution >= 0.6 is 0 Å². The molecule has 0 fully saturated rings. The van der Waals surface area contributed by atoms with E-state index in [1.807, 2.05) is 0 Å². The van der Waals surface area contributed by atoms with Crippen molar-refractivity contribution in [2.45, 2.75) is 37.0 Å². The average Bonchev–Trinajstić information content (AvgIpc) is 2.91. The first-order valence-corrected chi connectivity index (χ1v) is 13.2. The van der Waals surface area contributed by atoms with E-state index in [1.54, 1.807) is 74.0 Å². The van der Waals surface area contributed by atoms with Crippen molar-refractivity contribution in [3.05, 3.63) is 64.2 Å². The van der Waals surface area contributed by atoms with Gasteiger partial charge >= 0.3 is 161 Å². The Labute approximate surface area is 184 Å². The van der Waals surface area contributed by atoms with E-state index in [9.17, 15) is 0 Å². The molecule has 26 heavy (non-hydrogen) atoms. The molecule has 2 aliphatic carbocycles. The summed E-state index contributed by atoms with van der Waals surface area (Å²) in [7, 11) is -1.33. The van der Waals surface area contributed by atoms with Crippen molar-refractivity contribution >= 4 is 24.0 Å². The van der Waals surface area contributed by atoms with Gasteiger partial charge < -0.3 is 24.8 Å². The molecule has 0 spiro atoms. The van der Waals surface area contributed by atoms with Crippen molar-refractivity contribution in [3.8, 4) is 11.1 Å². The summed E-state index contributed by atoms with van der Waals surface area (Å²) in [4.78, 5) is 0. The number of hydrogen-bond acceptors (Lipinski definition) is 0. The molecule has 0 bridgehead atoms. The van der Waals surface area contributed by atoms with Crippen LogP contribution in [0.25, 0.3) is 16.7 Å². The van der Waals surface area contributed by atoms with Gasteiger partial charge in [-0.15, -0.1) is 0 Å². The van der Waals surface area contributed by atoms with Crippen LogP contribution in [0.3, 0.4) is 0 Å². The third-order valence-corrected chi connectivity index (χ3v) is 11.0. The van der Waals surface area contributed by atoms with E-state index in [0.717, 1.165) is 6.42 Å². The van der Waals surface area contributed by atoms with Gasteiger partial charge in [0.05, 0.1) is 0 Å². The van der Waals surface area contributed by atoms with Crippen molar-refractivity contribution in [2.75, 3.05) is 0 Å². The van der Waals surface area contributed by atoms with E-state index in [2.05, 4.69) is 63.4 Å². The van der Waals surface area contributed by atoms with Crippen LogP contribution in [0.2, 0.25) is 13.1 Å². The molecule has 0 amide bonds. The van der Waals surface area contributed by atoms with Crippen molar-refractivity contribution in [1.29, 1.82) is 0 Å². The number of halogens is 2. The fourth-order valence-electron chi connectivity index (χ4n) is 5.07. The van der Waals surface area contributed by atoms with Crippen molar-refractivity contribution in [3.63, 3.8) is 0 Å². The minimum absolute atomic E-state index is 0. The SMILES string of the molecule is Cc1ccc2c(c1)[CH]([Zr+2])c1c(C3=CC=CC3)c(C)c3c(c1-2)[Si]3(C)C.[Cl-].[Cl-]. The smallest absolute Gasteiger partial charge is 1.00 e. The van der Waals surface area contributed by atoms with Gasteiger partial charge in [-0.25, -0.2) is 0 Å². The Hall–Kier alpha value is -0.400. The van der Waals surface area contributed by atoms with Crippen LogP contribution in [0.4, 0.5) is 0 Å². The molecule has 1 atom stereocenters. The maximum atomic E-state index is 2.54. The van der Waals surface area contributed by atoms with Crippen LogP contribution in [0.5, 0.6) is 0 Å². The molecule has 4 heteroatoms. The first kappa shape index (κ1) is 20.3. The third-order valence-electron chi connectivity index (χ3n) is 6.14. The molecule has 0 nitrogen and oxygen atoms in total. The van der Waals surface area contributed by atoms with Crippen molar-refractivity contribution in [2.24, 2.45) is 0 Å². The van der Waals surface area contributed by atoms with Crippen LogP contribution in [-0.4, -0.2) is 8.07 Å². The Balaban J connectivity index is 0.000000980. The molecule has 2 aromatic rings. The molecule has 5 rings (SSSR count). The summed E-state index contributed by atoms with van der Waals surface area (Å²) >= 11 is 1.62. The molecule has 1 aliphatic heterocycles. The second kappa shape index (κ2) is 6.59. The molecule has 1 unspecified atom stereocenters. The predicted octanol–water partition coefficient (Wildman–Crippen LogP) is -1.59. The van der Waals surface area contributed by atoms with E-state index in [-0.39, 0.29) is 24.8 Å². The van der Waals surface area contributed by atoms with Gasteiger partial charge in [-0.3, -0.25) is 0 Å². The standard InChI is InChI=1S/C22H21Si.2ClH.Zr/c1-13-9-10-17-16(11-13)12-18-19(15-7-5-6-8-15)14(2)21-22(20(17)18)23(21,3)4;;;/h5-7,9-12H,8H2,1-4H3;2*1H;/q;;;+2/p-2. The summed E-state index contributed by atoms with van der Waals surface area (Å²) in [5, 5.41) is 3.51. The van der Waals surface area contributed by atoms with Crippen LogP contribution in [0, 0.1) is 13.8 Å². The molecule has 0 N–H and O–H groups in total. The molecule has 131 valence electrons. The van der Waals surface area contributed by atoms with Gasteiger partial charge in [-0.1, -0.05) is 0 Å². The van der Waals surface area contributed by atoms with Gasteiger partial charge in [0.2, 0.25) is 0 Å². The summed E-state index contributed by atoms with van der Waals surface area (Å²) in [5.74, 6) is 0. The minimum atomic E-state index is -1.33. The van der Waals surface area contributed by atoms with Crippen molar-refractivity contribution < 1.29 is 49.5 Å². The zero-order chi connectivity index (χ0) is 16.8. The summed E-state index contributed by atoms with van der Waals surface area (Å²) in [6.07, 6.45) is 7.99. The fourth-order valence-corrected chi connectivity index (χ4v) is 10.3. The Morgan fingerprint density at radius 2 is 1.77 bits per heavy atom. The zero-order valence-electron chi connectivity index (χ0n) is 15.5.